The Morgan fingerprint density at radius 1 is 1.20 bits per heavy atom. The third kappa shape index (κ3) is 7.81. The van der Waals surface area contributed by atoms with Crippen LogP contribution in [0.1, 0.15) is 40.2 Å². The van der Waals surface area contributed by atoms with Crippen LogP contribution in [0.5, 0.6) is 0 Å². The summed E-state index contributed by atoms with van der Waals surface area (Å²) in [5, 5.41) is 12.1. The maximum absolute atomic E-state index is 12.0. The van der Waals surface area contributed by atoms with Gasteiger partial charge in [0.15, 0.2) is 5.96 Å². The standard InChI is InChI=1S/C21H34N6O3/c1-14(2)24-19(28)26-16-9-7-15(8-10-16)11-23-18(22-6)25-17-12-27(13-17)20(29)30-21(3,4)5/h7-10,14,17H,11-13H2,1-6H3,(H2,22,23,25)(H2,24,26,28). The number of carbonyl (C=O) groups is 2. The predicted molar refractivity (Wildman–Crippen MR) is 119 cm³/mol. The molecule has 1 heterocycles. The molecule has 0 atom stereocenters. The number of amides is 3. The predicted octanol–water partition coefficient (Wildman–Crippen LogP) is 2.50. The lowest BCUT2D eigenvalue weighted by atomic mass is 10.1. The first kappa shape index (κ1) is 23.3. The van der Waals surface area contributed by atoms with Crippen molar-refractivity contribution in [2.24, 2.45) is 4.99 Å². The highest BCUT2D eigenvalue weighted by Gasteiger charge is 2.34. The minimum Gasteiger partial charge on any atom is -0.444 e. The van der Waals surface area contributed by atoms with Gasteiger partial charge in [-0.25, -0.2) is 9.59 Å². The largest absolute Gasteiger partial charge is 0.444 e. The van der Waals surface area contributed by atoms with E-state index in [9.17, 15) is 9.59 Å². The van der Waals surface area contributed by atoms with Gasteiger partial charge in [0.25, 0.3) is 0 Å². The van der Waals surface area contributed by atoms with Crippen molar-refractivity contribution < 1.29 is 14.3 Å². The molecule has 0 unspecified atom stereocenters. The lowest BCUT2D eigenvalue weighted by molar-refractivity contribution is 0.00700. The van der Waals surface area contributed by atoms with Gasteiger partial charge < -0.3 is 30.9 Å². The van der Waals surface area contributed by atoms with E-state index >= 15 is 0 Å². The van der Waals surface area contributed by atoms with Gasteiger partial charge in [0.05, 0.1) is 6.04 Å². The van der Waals surface area contributed by atoms with Crippen molar-refractivity contribution in [3.63, 3.8) is 0 Å². The van der Waals surface area contributed by atoms with Crippen molar-refractivity contribution in [2.75, 3.05) is 25.5 Å². The van der Waals surface area contributed by atoms with Crippen LogP contribution in [0.25, 0.3) is 0 Å². The van der Waals surface area contributed by atoms with Gasteiger partial charge in [-0.15, -0.1) is 0 Å². The van der Waals surface area contributed by atoms with Crippen LogP contribution < -0.4 is 21.3 Å². The molecule has 1 aromatic rings. The van der Waals surface area contributed by atoms with E-state index in [2.05, 4.69) is 26.3 Å². The van der Waals surface area contributed by atoms with Crippen LogP contribution in [0.4, 0.5) is 15.3 Å². The third-order valence-electron chi connectivity index (χ3n) is 4.19. The van der Waals surface area contributed by atoms with Gasteiger partial charge in [0.2, 0.25) is 0 Å². The number of guanidine groups is 1. The van der Waals surface area contributed by atoms with E-state index in [4.69, 9.17) is 4.74 Å². The summed E-state index contributed by atoms with van der Waals surface area (Å²) in [6.45, 7) is 11.1. The number of rotatable bonds is 5. The second-order valence-corrected chi connectivity index (χ2v) is 8.60. The first-order valence-corrected chi connectivity index (χ1v) is 10.2. The molecule has 9 heteroatoms. The Morgan fingerprint density at radius 3 is 2.37 bits per heavy atom. The Bertz CT molecular complexity index is 749. The number of aliphatic imine (C=N–C) groups is 1. The molecule has 3 amide bonds. The van der Waals surface area contributed by atoms with Crippen molar-refractivity contribution in [2.45, 2.75) is 58.8 Å². The van der Waals surface area contributed by atoms with Crippen molar-refractivity contribution in [1.29, 1.82) is 0 Å². The number of anilines is 1. The second-order valence-electron chi connectivity index (χ2n) is 8.60. The molecule has 1 fully saturated rings. The average Bonchev–Trinajstić information content (AvgIpc) is 2.59. The van der Waals surface area contributed by atoms with Gasteiger partial charge in [0, 0.05) is 38.4 Å². The molecule has 0 aliphatic carbocycles. The summed E-state index contributed by atoms with van der Waals surface area (Å²) in [4.78, 5) is 29.6. The topological polar surface area (TPSA) is 107 Å². The van der Waals surface area contributed by atoms with E-state index < -0.39 is 5.60 Å². The Balaban J connectivity index is 1.73. The molecule has 1 aromatic carbocycles. The van der Waals surface area contributed by atoms with Crippen molar-refractivity contribution in [3.8, 4) is 0 Å². The molecule has 0 saturated carbocycles. The Kier molecular flexibility index (Phi) is 7.91. The number of nitrogens with zero attached hydrogens (tertiary/aromatic N) is 2. The maximum Gasteiger partial charge on any atom is 0.410 e. The van der Waals surface area contributed by atoms with Crippen LogP contribution in [-0.4, -0.2) is 60.8 Å². The van der Waals surface area contributed by atoms with E-state index in [1.54, 1.807) is 11.9 Å². The fourth-order valence-electron chi connectivity index (χ4n) is 2.75. The number of carbonyl (C=O) groups excluding carboxylic acids is 2. The summed E-state index contributed by atoms with van der Waals surface area (Å²) >= 11 is 0. The van der Waals surface area contributed by atoms with Crippen LogP contribution in [0.15, 0.2) is 29.3 Å². The summed E-state index contributed by atoms with van der Waals surface area (Å²) in [5.74, 6) is 0.669. The molecular weight excluding hydrogens is 384 g/mol. The monoisotopic (exact) mass is 418 g/mol. The van der Waals surface area contributed by atoms with Crippen molar-refractivity contribution in [1.82, 2.24) is 20.9 Å². The van der Waals surface area contributed by atoms with Gasteiger partial charge in [0.1, 0.15) is 5.60 Å². The number of urea groups is 1. The second kappa shape index (κ2) is 10.2. The fraction of sp³-hybridized carbons (Fsp3) is 0.571. The van der Waals surface area contributed by atoms with Crippen LogP contribution in [0.2, 0.25) is 0 Å². The summed E-state index contributed by atoms with van der Waals surface area (Å²) in [6.07, 6.45) is -0.292. The molecule has 166 valence electrons. The van der Waals surface area contributed by atoms with Crippen LogP contribution in [0.3, 0.4) is 0 Å². The van der Waals surface area contributed by atoms with Crippen molar-refractivity contribution >= 4 is 23.8 Å². The molecular formula is C21H34N6O3. The summed E-state index contributed by atoms with van der Waals surface area (Å²) in [5.41, 5.74) is 1.30. The lowest BCUT2D eigenvalue weighted by Crippen LogP contribution is -2.63. The molecule has 1 saturated heterocycles. The van der Waals surface area contributed by atoms with E-state index in [0.29, 0.717) is 25.6 Å². The van der Waals surface area contributed by atoms with Gasteiger partial charge in [-0.05, 0) is 52.3 Å². The van der Waals surface area contributed by atoms with Crippen LogP contribution in [-0.2, 0) is 11.3 Å². The molecule has 4 N–H and O–H groups in total. The number of ether oxygens (including phenoxy) is 1. The van der Waals surface area contributed by atoms with Gasteiger partial charge in [-0.3, -0.25) is 4.99 Å². The number of nitrogens with one attached hydrogen (secondary N) is 4. The highest BCUT2D eigenvalue weighted by atomic mass is 16.6. The fourth-order valence-corrected chi connectivity index (χ4v) is 2.75. The maximum atomic E-state index is 12.0. The van der Waals surface area contributed by atoms with E-state index in [0.717, 1.165) is 11.3 Å². The van der Waals surface area contributed by atoms with E-state index in [1.807, 2.05) is 58.9 Å². The number of hydrogen-bond acceptors (Lipinski definition) is 4. The summed E-state index contributed by atoms with van der Waals surface area (Å²) < 4.78 is 5.36. The first-order valence-electron chi connectivity index (χ1n) is 10.2. The zero-order chi connectivity index (χ0) is 22.3. The molecule has 0 bridgehead atoms. The van der Waals surface area contributed by atoms with Gasteiger partial charge in [-0.2, -0.15) is 0 Å². The molecule has 1 aliphatic rings. The lowest BCUT2D eigenvalue weighted by Gasteiger charge is -2.40. The molecule has 0 spiro atoms. The van der Waals surface area contributed by atoms with E-state index in [-0.39, 0.29) is 24.2 Å². The first-order chi connectivity index (χ1) is 14.1. The molecule has 0 aromatic heterocycles. The molecule has 1 aliphatic heterocycles. The Morgan fingerprint density at radius 2 is 1.83 bits per heavy atom. The summed E-state index contributed by atoms with van der Waals surface area (Å²) in [6, 6.07) is 7.60. The van der Waals surface area contributed by atoms with Crippen molar-refractivity contribution in [3.05, 3.63) is 29.8 Å². The van der Waals surface area contributed by atoms with Crippen LogP contribution in [0, 0.1) is 0 Å². The van der Waals surface area contributed by atoms with E-state index in [1.165, 1.54) is 0 Å². The highest BCUT2D eigenvalue weighted by molar-refractivity contribution is 5.89. The highest BCUT2D eigenvalue weighted by Crippen LogP contribution is 2.15. The molecule has 30 heavy (non-hydrogen) atoms. The van der Waals surface area contributed by atoms with Crippen LogP contribution >= 0.6 is 0 Å². The minimum absolute atomic E-state index is 0.0830. The number of benzene rings is 1. The number of hydrogen-bond donors (Lipinski definition) is 4. The van der Waals surface area contributed by atoms with Gasteiger partial charge in [-0.1, -0.05) is 12.1 Å². The molecule has 9 nitrogen and oxygen atoms in total. The number of likely N-dealkylation sites (tertiary alicyclic amines) is 1. The average molecular weight is 419 g/mol. The Labute approximate surface area is 178 Å². The molecule has 2 rings (SSSR count). The SMILES string of the molecule is CN=C(NCc1ccc(NC(=O)NC(C)C)cc1)NC1CN(C(=O)OC(C)(C)C)C1. The third-order valence-corrected chi connectivity index (χ3v) is 4.19. The normalized spacial score (nSPS) is 14.8. The molecule has 0 radical (unpaired) electrons. The zero-order valence-electron chi connectivity index (χ0n) is 18.7. The van der Waals surface area contributed by atoms with Gasteiger partial charge >= 0.3 is 12.1 Å². The Hall–Kier alpha value is -2.97. The smallest absolute Gasteiger partial charge is 0.410 e. The quantitative estimate of drug-likeness (QED) is 0.434. The summed E-state index contributed by atoms with van der Waals surface area (Å²) in [7, 11) is 1.71. The zero-order valence-corrected chi connectivity index (χ0v) is 18.7. The minimum atomic E-state index is -0.490.